The molecule has 0 spiro atoms. The van der Waals surface area contributed by atoms with Crippen molar-refractivity contribution in [1.29, 1.82) is 0 Å². The van der Waals surface area contributed by atoms with Gasteiger partial charge < -0.3 is 28.9 Å². The average Bonchev–Trinajstić information content (AvgIpc) is 2.90. The maximum absolute atomic E-state index is 13.1. The number of halogens is 12. The number of pyridine rings is 4. The van der Waals surface area contributed by atoms with Crippen molar-refractivity contribution >= 4 is 0 Å². The Bertz CT molecular complexity index is 1620. The summed E-state index contributed by atoms with van der Waals surface area (Å²) in [5.41, 5.74) is -3.05. The zero-order chi connectivity index (χ0) is 35.0. The maximum atomic E-state index is 13.1. The second-order valence-electron chi connectivity index (χ2n) is 9.47. The van der Waals surface area contributed by atoms with Gasteiger partial charge in [-0.2, -0.15) is 0 Å². The minimum Gasteiger partial charge on any atom is -0.437 e. The Balaban J connectivity index is 0.00000625. The Morgan fingerprint density at radius 2 is 0.833 bits per heavy atom. The molecular weight excluding hydrogens is 867 g/mol. The summed E-state index contributed by atoms with van der Waals surface area (Å²) in [5, 5.41) is 0. The van der Waals surface area contributed by atoms with Gasteiger partial charge in [-0.1, -0.05) is 47.5 Å². The van der Waals surface area contributed by atoms with Gasteiger partial charge in [-0.05, 0) is 37.4 Å². The van der Waals surface area contributed by atoms with Gasteiger partial charge in [0.2, 0.25) is 0 Å². The van der Waals surface area contributed by atoms with Gasteiger partial charge in [-0.15, -0.1) is 64.8 Å². The average molecular weight is 881 g/mol. The van der Waals surface area contributed by atoms with Crippen molar-refractivity contribution in [3.63, 3.8) is 0 Å². The first-order valence-corrected chi connectivity index (χ1v) is 12.3. The number of nitrogens with zero attached hydrogens (tertiary/aromatic N) is 4. The molecule has 0 radical (unpaired) electrons. The third-order valence-electron chi connectivity index (χ3n) is 5.69. The molecule has 260 valence electrons. The molecule has 0 N–H and O–H groups in total. The summed E-state index contributed by atoms with van der Waals surface area (Å²) in [6, 6.07) is 13.1. The number of alkyl halides is 12. The Morgan fingerprint density at radius 3 is 1.15 bits per heavy atom. The second-order valence-corrected chi connectivity index (χ2v) is 9.47. The summed E-state index contributed by atoms with van der Waals surface area (Å²) in [7, 11) is 0. The molecule has 0 aromatic carbocycles. The van der Waals surface area contributed by atoms with Crippen LogP contribution in [0.25, 0.3) is 22.5 Å². The minimum atomic E-state index is -5.40. The van der Waals surface area contributed by atoms with Crippen LogP contribution in [0.5, 0.6) is 23.5 Å². The van der Waals surface area contributed by atoms with E-state index in [0.29, 0.717) is 12.1 Å². The van der Waals surface area contributed by atoms with Crippen LogP contribution in [0.1, 0.15) is 25.2 Å². The maximum Gasteiger partial charge on any atom is 2.00 e. The predicted molar refractivity (Wildman–Crippen MR) is 131 cm³/mol. The molecule has 4 rings (SSSR count). The molecule has 0 aliphatic heterocycles. The van der Waals surface area contributed by atoms with Gasteiger partial charge in [-0.3, -0.25) is 9.97 Å². The molecule has 0 unspecified atom stereocenters. The van der Waals surface area contributed by atoms with E-state index in [1.807, 2.05) is 0 Å². The monoisotopic (exact) mass is 881 g/mol. The van der Waals surface area contributed by atoms with E-state index in [1.54, 1.807) is 0 Å². The van der Waals surface area contributed by atoms with Crippen molar-refractivity contribution in [3.05, 3.63) is 72.1 Å². The zero-order valence-corrected chi connectivity index (χ0v) is 25.7. The van der Waals surface area contributed by atoms with Crippen LogP contribution in [-0.4, -0.2) is 45.4 Å². The third kappa shape index (κ3) is 10.3. The quantitative estimate of drug-likeness (QED) is 0.130. The molecule has 0 aliphatic carbocycles. The van der Waals surface area contributed by atoms with E-state index in [-0.39, 0.29) is 43.8 Å². The summed E-state index contributed by atoms with van der Waals surface area (Å²) in [5.74, 6) is -5.37. The second kappa shape index (κ2) is 13.6. The van der Waals surface area contributed by atoms with Gasteiger partial charge in [0.25, 0.3) is 0 Å². The first kappa shape index (κ1) is 38.1. The van der Waals surface area contributed by atoms with Gasteiger partial charge in [0.1, 0.15) is 23.5 Å². The van der Waals surface area contributed by atoms with E-state index in [0.717, 1.165) is 12.1 Å². The molecule has 0 saturated heterocycles. The van der Waals surface area contributed by atoms with E-state index in [1.165, 1.54) is 38.1 Å². The van der Waals surface area contributed by atoms with E-state index in [2.05, 4.69) is 51.0 Å². The molecule has 0 fully saturated rings. The van der Waals surface area contributed by atoms with Crippen LogP contribution in [0.2, 0.25) is 0 Å². The molecule has 0 atom stereocenters. The standard InChI is InChI=1S/C27H14F12N4O4.Pt/c1-23(2,17-7-3-5-15(40-17)13-9-11-19(44-24(28,29)30)42-21(13)46-26(34,35)36)18-8-4-6-16(41-18)14-10-12-20(45-25(31,32)33)43-22(14)47-27(37,38)39;/h3-8,11-12H,1-2H3;/q-2;+2. The van der Waals surface area contributed by atoms with Gasteiger partial charge in [0, 0.05) is 16.8 Å². The van der Waals surface area contributed by atoms with Gasteiger partial charge >= 0.3 is 46.5 Å². The fraction of sp³-hybridized carbons (Fsp3) is 0.259. The summed E-state index contributed by atoms with van der Waals surface area (Å²) < 4.78 is 169. The fourth-order valence-electron chi connectivity index (χ4n) is 3.82. The van der Waals surface area contributed by atoms with Crippen LogP contribution in [0.15, 0.2) is 48.5 Å². The van der Waals surface area contributed by atoms with E-state index in [4.69, 9.17) is 0 Å². The van der Waals surface area contributed by atoms with Crippen LogP contribution in [0.4, 0.5) is 52.7 Å². The van der Waals surface area contributed by atoms with Crippen molar-refractivity contribution in [2.75, 3.05) is 0 Å². The minimum absolute atomic E-state index is 0. The van der Waals surface area contributed by atoms with E-state index >= 15 is 0 Å². The van der Waals surface area contributed by atoms with Crippen LogP contribution in [-0.2, 0) is 26.5 Å². The van der Waals surface area contributed by atoms with Crippen molar-refractivity contribution in [2.24, 2.45) is 0 Å². The molecular formula is C27H14F12N4O4Pt. The summed E-state index contributed by atoms with van der Waals surface area (Å²) in [6.07, 6.45) is -21.4. The van der Waals surface area contributed by atoms with Gasteiger partial charge in [0.15, 0.2) is 0 Å². The van der Waals surface area contributed by atoms with Crippen molar-refractivity contribution in [2.45, 2.75) is 44.7 Å². The number of hydrogen-bond donors (Lipinski definition) is 0. The Morgan fingerprint density at radius 1 is 0.500 bits per heavy atom. The van der Waals surface area contributed by atoms with Crippen LogP contribution >= 0.6 is 0 Å². The van der Waals surface area contributed by atoms with Crippen molar-refractivity contribution in [1.82, 2.24) is 19.9 Å². The molecule has 0 amide bonds. The van der Waals surface area contributed by atoms with Gasteiger partial charge in [-0.25, -0.2) is 0 Å². The van der Waals surface area contributed by atoms with Crippen molar-refractivity contribution < 1.29 is 92.7 Å². The van der Waals surface area contributed by atoms with Gasteiger partial charge in [0.05, 0.1) is 0 Å². The third-order valence-corrected chi connectivity index (χ3v) is 5.69. The molecule has 4 aromatic rings. The van der Waals surface area contributed by atoms with Crippen molar-refractivity contribution in [3.8, 4) is 46.0 Å². The van der Waals surface area contributed by atoms with Crippen LogP contribution < -0.4 is 18.9 Å². The fourth-order valence-corrected chi connectivity index (χ4v) is 3.82. The summed E-state index contributed by atoms with van der Waals surface area (Å²) in [4.78, 5) is 14.8. The van der Waals surface area contributed by atoms with E-state index in [9.17, 15) is 52.7 Å². The Labute approximate surface area is 275 Å². The Hall–Kier alpha value is -4.35. The first-order valence-electron chi connectivity index (χ1n) is 12.3. The number of hydrogen-bond acceptors (Lipinski definition) is 8. The normalized spacial score (nSPS) is 12.6. The summed E-state index contributed by atoms with van der Waals surface area (Å²) >= 11 is 0. The molecule has 0 aliphatic rings. The zero-order valence-electron chi connectivity index (χ0n) is 23.4. The van der Waals surface area contributed by atoms with E-state index < -0.39 is 65.5 Å². The smallest absolute Gasteiger partial charge is 0.437 e. The number of ether oxygens (including phenoxy) is 4. The van der Waals surface area contributed by atoms with Crippen LogP contribution in [0, 0.1) is 12.1 Å². The number of aromatic nitrogens is 4. The molecule has 0 saturated carbocycles. The molecule has 8 nitrogen and oxygen atoms in total. The molecule has 0 bridgehead atoms. The number of rotatable bonds is 8. The Kier molecular flexibility index (Phi) is 10.8. The first-order chi connectivity index (χ1) is 21.5. The molecule has 4 heterocycles. The van der Waals surface area contributed by atoms with Crippen LogP contribution in [0.3, 0.4) is 0 Å². The SMILES string of the molecule is CC(C)(c1cccc(-c2[c-]cc(OC(F)(F)F)nc2OC(F)(F)F)n1)c1cccc(-c2[c-]cc(OC(F)(F)F)nc2OC(F)(F)F)n1.[Pt+2]. The molecule has 21 heteroatoms. The largest absolute Gasteiger partial charge is 2.00 e. The summed E-state index contributed by atoms with van der Waals surface area (Å²) in [6.45, 7) is 2.99. The topological polar surface area (TPSA) is 88.5 Å². The molecule has 48 heavy (non-hydrogen) atoms. The predicted octanol–water partition coefficient (Wildman–Crippen LogP) is 8.12. The molecule has 4 aromatic heterocycles.